The molecule has 0 saturated carbocycles. The van der Waals surface area contributed by atoms with Crippen molar-refractivity contribution in [2.75, 3.05) is 0 Å². The van der Waals surface area contributed by atoms with Crippen molar-refractivity contribution in [2.45, 2.75) is 31.1 Å². The summed E-state index contributed by atoms with van der Waals surface area (Å²) in [6, 6.07) is 12.2. The third-order valence-electron chi connectivity index (χ3n) is 6.40. The Bertz CT molecular complexity index is 1860. The number of benzene rings is 2. The minimum absolute atomic E-state index is 0.133. The number of hydrogen-bond acceptors (Lipinski definition) is 5. The molecule has 35 heavy (non-hydrogen) atoms. The second-order valence-electron chi connectivity index (χ2n) is 8.59. The highest BCUT2D eigenvalue weighted by molar-refractivity contribution is 7.86. The molecule has 0 atom stereocenters. The summed E-state index contributed by atoms with van der Waals surface area (Å²) >= 11 is 0. The molecule has 0 fully saturated rings. The summed E-state index contributed by atoms with van der Waals surface area (Å²) in [4.78, 5) is 20.4. The Morgan fingerprint density at radius 2 is 1.94 bits per heavy atom. The van der Waals surface area contributed by atoms with Gasteiger partial charge in [0, 0.05) is 41.3 Å². The molecule has 2 aromatic carbocycles. The number of aromatic nitrogens is 3. The van der Waals surface area contributed by atoms with E-state index in [1.807, 2.05) is 23.7 Å². The highest BCUT2D eigenvalue weighted by Crippen LogP contribution is 2.33. The Kier molecular flexibility index (Phi) is 5.41. The van der Waals surface area contributed by atoms with Gasteiger partial charge in [-0.2, -0.15) is 13.7 Å². The number of fused-ring (bicyclic) bond motifs is 4. The van der Waals surface area contributed by atoms with Gasteiger partial charge < -0.3 is 9.55 Å². The molecule has 0 aliphatic heterocycles. The number of rotatable bonds is 5. The van der Waals surface area contributed by atoms with Crippen LogP contribution in [0.3, 0.4) is 0 Å². The van der Waals surface area contributed by atoms with Crippen LogP contribution in [-0.4, -0.2) is 23.0 Å². The van der Waals surface area contributed by atoms with Gasteiger partial charge in [-0.25, -0.2) is 0 Å². The molecule has 0 radical (unpaired) electrons. The number of nitrogens with one attached hydrogen (secondary N) is 1. The van der Waals surface area contributed by atoms with Crippen molar-refractivity contribution in [1.82, 2.24) is 14.5 Å². The molecular formula is C26H21FN4O3S. The monoisotopic (exact) mass is 488 g/mol. The molecule has 0 spiro atoms. The first-order chi connectivity index (χ1) is 16.7. The molecule has 1 N–H and O–H groups in total. The van der Waals surface area contributed by atoms with Crippen molar-refractivity contribution >= 4 is 43.1 Å². The van der Waals surface area contributed by atoms with Gasteiger partial charge in [-0.1, -0.05) is 19.4 Å². The largest absolute Gasteiger partial charge is 0.340 e. The molecule has 0 saturated heterocycles. The van der Waals surface area contributed by atoms with E-state index in [9.17, 15) is 22.4 Å². The number of aromatic amines is 1. The van der Waals surface area contributed by atoms with Gasteiger partial charge in [-0.15, -0.1) is 3.89 Å². The normalized spacial score (nSPS) is 11.9. The zero-order valence-corrected chi connectivity index (χ0v) is 19.9. The highest BCUT2D eigenvalue weighted by Gasteiger charge is 2.19. The maximum atomic E-state index is 13.7. The first kappa shape index (κ1) is 22.7. The number of nitrogens with zero attached hydrogens (tertiary/aromatic N) is 3. The minimum Gasteiger partial charge on any atom is -0.340 e. The number of nitriles is 1. The third kappa shape index (κ3) is 3.76. The van der Waals surface area contributed by atoms with E-state index >= 15 is 0 Å². The molecule has 5 rings (SSSR count). The molecule has 0 aliphatic carbocycles. The minimum atomic E-state index is -4.92. The van der Waals surface area contributed by atoms with E-state index in [1.165, 1.54) is 12.3 Å². The standard InChI is InChI=1S/C26H21FN4O3S/c1-3-4-5-16-10-21-23(11-20(16)17-9-18(14-29-13-17)35(27,33)34)31(2)26-24(25(21)32)19-7-6-15(12-28)8-22(19)30-26/h6-11,13-14,30H,3-5H2,1-2H3. The van der Waals surface area contributed by atoms with Crippen LogP contribution in [0, 0.1) is 11.3 Å². The van der Waals surface area contributed by atoms with E-state index in [0.717, 1.165) is 30.0 Å². The second kappa shape index (κ2) is 8.32. The fraction of sp³-hybridized carbons (Fsp3) is 0.192. The second-order valence-corrected chi connectivity index (χ2v) is 9.93. The summed E-state index contributed by atoms with van der Waals surface area (Å²) in [6.45, 7) is 2.06. The van der Waals surface area contributed by atoms with Crippen LogP contribution < -0.4 is 5.43 Å². The van der Waals surface area contributed by atoms with Crippen molar-refractivity contribution in [3.05, 3.63) is 70.1 Å². The highest BCUT2D eigenvalue weighted by atomic mass is 32.3. The van der Waals surface area contributed by atoms with Crippen LogP contribution in [-0.2, 0) is 23.7 Å². The fourth-order valence-electron chi connectivity index (χ4n) is 4.62. The van der Waals surface area contributed by atoms with Crippen LogP contribution in [0.1, 0.15) is 30.9 Å². The lowest BCUT2D eigenvalue weighted by Crippen LogP contribution is -2.10. The molecule has 5 aromatic rings. The summed E-state index contributed by atoms with van der Waals surface area (Å²) < 4.78 is 38.5. The zero-order valence-electron chi connectivity index (χ0n) is 19.1. The lowest BCUT2D eigenvalue weighted by molar-refractivity contribution is 0.551. The zero-order chi connectivity index (χ0) is 24.9. The number of halogens is 1. The fourth-order valence-corrected chi connectivity index (χ4v) is 5.08. The van der Waals surface area contributed by atoms with Crippen LogP contribution in [0.4, 0.5) is 3.89 Å². The molecule has 3 aromatic heterocycles. The van der Waals surface area contributed by atoms with Gasteiger partial charge >= 0.3 is 10.2 Å². The summed E-state index contributed by atoms with van der Waals surface area (Å²) in [6.07, 6.45) is 4.92. The third-order valence-corrected chi connectivity index (χ3v) is 7.19. The van der Waals surface area contributed by atoms with Crippen LogP contribution in [0.2, 0.25) is 0 Å². The Hall–Kier alpha value is -4.03. The smallest absolute Gasteiger partial charge is 0.333 e. The van der Waals surface area contributed by atoms with Crippen LogP contribution in [0.15, 0.2) is 58.5 Å². The van der Waals surface area contributed by atoms with Crippen molar-refractivity contribution in [3.63, 3.8) is 0 Å². The molecule has 0 aliphatic rings. The Morgan fingerprint density at radius 1 is 1.14 bits per heavy atom. The van der Waals surface area contributed by atoms with E-state index in [0.29, 0.717) is 50.6 Å². The number of pyridine rings is 2. The summed E-state index contributed by atoms with van der Waals surface area (Å²) in [5.41, 5.74) is 4.31. The summed E-state index contributed by atoms with van der Waals surface area (Å²) in [7, 11) is -3.08. The van der Waals surface area contributed by atoms with Crippen molar-refractivity contribution in [1.29, 1.82) is 5.26 Å². The first-order valence-corrected chi connectivity index (χ1v) is 12.5. The molecule has 3 heterocycles. The quantitative estimate of drug-likeness (QED) is 0.346. The topological polar surface area (TPSA) is 109 Å². The Balaban J connectivity index is 1.86. The number of hydrogen-bond donors (Lipinski definition) is 1. The molecular weight excluding hydrogens is 467 g/mol. The number of aryl methyl sites for hydroxylation is 2. The van der Waals surface area contributed by atoms with Crippen molar-refractivity contribution in [3.8, 4) is 17.2 Å². The van der Waals surface area contributed by atoms with Gasteiger partial charge in [0.25, 0.3) is 0 Å². The lowest BCUT2D eigenvalue weighted by Gasteiger charge is -2.15. The molecule has 0 bridgehead atoms. The number of H-pyrrole nitrogens is 1. The SMILES string of the molecule is CCCCc1cc2c(=O)c3c4ccc(C#N)cc4[nH]c3n(C)c2cc1-c1cncc(S(=O)(=O)F)c1. The van der Waals surface area contributed by atoms with Gasteiger partial charge in [-0.05, 0) is 54.3 Å². The van der Waals surface area contributed by atoms with Gasteiger partial charge in [0.05, 0.1) is 22.5 Å². The predicted molar refractivity (Wildman–Crippen MR) is 133 cm³/mol. The van der Waals surface area contributed by atoms with Crippen LogP contribution in [0.5, 0.6) is 0 Å². The van der Waals surface area contributed by atoms with E-state index < -0.39 is 15.1 Å². The predicted octanol–water partition coefficient (Wildman–Crippen LogP) is 5.11. The molecule has 0 unspecified atom stereocenters. The van der Waals surface area contributed by atoms with E-state index in [2.05, 4.69) is 23.0 Å². The Morgan fingerprint density at radius 3 is 2.66 bits per heavy atom. The lowest BCUT2D eigenvalue weighted by atomic mass is 9.94. The molecule has 0 amide bonds. The number of unbranched alkanes of at least 4 members (excludes halogenated alkanes) is 1. The summed E-state index contributed by atoms with van der Waals surface area (Å²) in [5.74, 6) is 0. The Labute approximate surface area is 200 Å². The van der Waals surface area contributed by atoms with Crippen LogP contribution in [0.25, 0.3) is 44.0 Å². The van der Waals surface area contributed by atoms with Gasteiger partial charge in [0.2, 0.25) is 0 Å². The first-order valence-electron chi connectivity index (χ1n) is 11.1. The summed E-state index contributed by atoms with van der Waals surface area (Å²) in [5, 5.41) is 11.1. The van der Waals surface area contributed by atoms with Gasteiger partial charge in [-0.3, -0.25) is 9.78 Å². The maximum Gasteiger partial charge on any atom is 0.333 e. The van der Waals surface area contributed by atoms with Crippen molar-refractivity contribution in [2.24, 2.45) is 7.05 Å². The van der Waals surface area contributed by atoms with Gasteiger partial charge in [0.1, 0.15) is 10.5 Å². The van der Waals surface area contributed by atoms with E-state index in [-0.39, 0.29) is 5.43 Å². The molecule has 7 nitrogen and oxygen atoms in total. The molecule has 9 heteroatoms. The van der Waals surface area contributed by atoms with Crippen LogP contribution >= 0.6 is 0 Å². The average molecular weight is 489 g/mol. The van der Waals surface area contributed by atoms with E-state index in [1.54, 1.807) is 18.2 Å². The van der Waals surface area contributed by atoms with Crippen molar-refractivity contribution < 1.29 is 12.3 Å². The average Bonchev–Trinajstić information content (AvgIpc) is 3.24. The maximum absolute atomic E-state index is 13.7. The van der Waals surface area contributed by atoms with E-state index in [4.69, 9.17) is 0 Å². The molecule has 176 valence electrons. The van der Waals surface area contributed by atoms with Gasteiger partial charge in [0.15, 0.2) is 5.43 Å².